The largest absolute Gasteiger partial charge is 0.377 e. The summed E-state index contributed by atoms with van der Waals surface area (Å²) >= 11 is 0. The van der Waals surface area contributed by atoms with Crippen molar-refractivity contribution in [1.82, 2.24) is 5.32 Å². The molecule has 0 saturated carbocycles. The molecule has 2 nitrogen and oxygen atoms in total. The third-order valence-electron chi connectivity index (χ3n) is 3.39. The Kier molecular flexibility index (Phi) is 7.06. The highest BCUT2D eigenvalue weighted by molar-refractivity contribution is 4.69. The molecule has 0 bridgehead atoms. The van der Waals surface area contributed by atoms with E-state index in [1.807, 2.05) is 0 Å². The molecule has 0 aromatic heterocycles. The van der Waals surface area contributed by atoms with Crippen LogP contribution in [0.1, 0.15) is 59.3 Å². The van der Waals surface area contributed by atoms with Gasteiger partial charge in [-0.15, -0.1) is 0 Å². The average molecular weight is 227 g/mol. The van der Waals surface area contributed by atoms with E-state index in [0.29, 0.717) is 12.1 Å². The number of rotatable bonds is 7. The van der Waals surface area contributed by atoms with Crippen LogP contribution in [-0.4, -0.2) is 25.3 Å². The zero-order valence-corrected chi connectivity index (χ0v) is 11.3. The van der Waals surface area contributed by atoms with E-state index in [-0.39, 0.29) is 0 Å². The van der Waals surface area contributed by atoms with Crippen molar-refractivity contribution in [3.05, 3.63) is 0 Å². The van der Waals surface area contributed by atoms with Crippen molar-refractivity contribution < 1.29 is 4.74 Å². The Morgan fingerprint density at radius 2 is 2.00 bits per heavy atom. The summed E-state index contributed by atoms with van der Waals surface area (Å²) in [4.78, 5) is 0. The molecule has 0 aliphatic carbocycles. The lowest BCUT2D eigenvalue weighted by Crippen LogP contribution is -2.36. The van der Waals surface area contributed by atoms with Crippen molar-refractivity contribution >= 4 is 0 Å². The monoisotopic (exact) mass is 227 g/mol. The van der Waals surface area contributed by atoms with Gasteiger partial charge in [-0.3, -0.25) is 0 Å². The molecule has 0 spiro atoms. The molecule has 1 N–H and O–H groups in total. The van der Waals surface area contributed by atoms with Crippen molar-refractivity contribution in [2.45, 2.75) is 71.4 Å². The predicted octanol–water partition coefficient (Wildman–Crippen LogP) is 3.36. The van der Waals surface area contributed by atoms with E-state index in [9.17, 15) is 0 Å². The van der Waals surface area contributed by atoms with Crippen molar-refractivity contribution in [3.8, 4) is 0 Å². The molecular weight excluding hydrogens is 198 g/mol. The quantitative estimate of drug-likeness (QED) is 0.720. The Bertz CT molecular complexity index is 164. The van der Waals surface area contributed by atoms with E-state index >= 15 is 0 Å². The molecule has 1 aliphatic rings. The van der Waals surface area contributed by atoms with Crippen molar-refractivity contribution in [3.63, 3.8) is 0 Å². The molecule has 1 aliphatic heterocycles. The first-order valence-corrected chi connectivity index (χ1v) is 7.03. The summed E-state index contributed by atoms with van der Waals surface area (Å²) < 4.78 is 5.71. The van der Waals surface area contributed by atoms with Crippen LogP contribution in [0.2, 0.25) is 0 Å². The highest BCUT2D eigenvalue weighted by Gasteiger charge is 2.14. The van der Waals surface area contributed by atoms with E-state index in [2.05, 4.69) is 26.1 Å². The fourth-order valence-corrected chi connectivity index (χ4v) is 2.24. The molecule has 2 atom stereocenters. The van der Waals surface area contributed by atoms with Crippen LogP contribution in [0.25, 0.3) is 0 Å². The summed E-state index contributed by atoms with van der Waals surface area (Å²) in [5, 5.41) is 3.60. The number of ether oxygens (including phenoxy) is 1. The van der Waals surface area contributed by atoms with E-state index in [1.165, 1.54) is 38.5 Å². The molecule has 1 fully saturated rings. The third kappa shape index (κ3) is 6.49. The topological polar surface area (TPSA) is 21.3 Å². The molecule has 16 heavy (non-hydrogen) atoms. The lowest BCUT2D eigenvalue weighted by molar-refractivity contribution is 0.0155. The maximum Gasteiger partial charge on any atom is 0.0699 e. The summed E-state index contributed by atoms with van der Waals surface area (Å²) in [6.45, 7) is 8.90. The molecular formula is C14H29NO. The highest BCUT2D eigenvalue weighted by atomic mass is 16.5. The van der Waals surface area contributed by atoms with Gasteiger partial charge in [0.1, 0.15) is 0 Å². The molecule has 2 heteroatoms. The van der Waals surface area contributed by atoms with Gasteiger partial charge in [0.25, 0.3) is 0 Å². The van der Waals surface area contributed by atoms with E-state index < -0.39 is 0 Å². The fourth-order valence-electron chi connectivity index (χ4n) is 2.24. The second kappa shape index (κ2) is 8.08. The summed E-state index contributed by atoms with van der Waals surface area (Å²) in [5.41, 5.74) is 0. The minimum atomic E-state index is 0.473. The minimum absolute atomic E-state index is 0.473. The molecule has 1 saturated heterocycles. The van der Waals surface area contributed by atoms with Gasteiger partial charge in [0.15, 0.2) is 0 Å². The smallest absolute Gasteiger partial charge is 0.0699 e. The van der Waals surface area contributed by atoms with E-state index in [4.69, 9.17) is 4.74 Å². The first-order chi connectivity index (χ1) is 7.68. The zero-order chi connectivity index (χ0) is 11.8. The van der Waals surface area contributed by atoms with Crippen LogP contribution in [0.4, 0.5) is 0 Å². The number of nitrogens with one attached hydrogen (secondary N) is 1. The lowest BCUT2D eigenvalue weighted by atomic mass is 10.0. The molecule has 0 aromatic rings. The standard InChI is InChI=1S/C14H29NO/c1-12(2)7-6-8-13(3)15-11-14-9-4-5-10-16-14/h12-15H,4-11H2,1-3H3. The van der Waals surface area contributed by atoms with E-state index in [1.54, 1.807) is 0 Å². The summed E-state index contributed by atoms with van der Waals surface area (Å²) in [6.07, 6.45) is 8.30. The molecule has 96 valence electrons. The molecule has 0 radical (unpaired) electrons. The first kappa shape index (κ1) is 14.0. The van der Waals surface area contributed by atoms with Crippen molar-refractivity contribution in [1.29, 1.82) is 0 Å². The van der Waals surface area contributed by atoms with Gasteiger partial charge in [-0.2, -0.15) is 0 Å². The van der Waals surface area contributed by atoms with Gasteiger partial charge in [-0.25, -0.2) is 0 Å². The number of hydrogen-bond donors (Lipinski definition) is 1. The zero-order valence-electron chi connectivity index (χ0n) is 11.3. The Balaban J connectivity index is 1.98. The van der Waals surface area contributed by atoms with Crippen LogP contribution in [-0.2, 0) is 4.74 Å². The summed E-state index contributed by atoms with van der Waals surface area (Å²) in [7, 11) is 0. The van der Waals surface area contributed by atoms with Gasteiger partial charge < -0.3 is 10.1 Å². The summed E-state index contributed by atoms with van der Waals surface area (Å²) in [5.74, 6) is 0.842. The van der Waals surface area contributed by atoms with Gasteiger partial charge in [-0.1, -0.05) is 26.7 Å². The number of hydrogen-bond acceptors (Lipinski definition) is 2. The van der Waals surface area contributed by atoms with Gasteiger partial charge in [-0.05, 0) is 38.5 Å². The first-order valence-electron chi connectivity index (χ1n) is 7.03. The maximum absolute atomic E-state index is 5.71. The fraction of sp³-hybridized carbons (Fsp3) is 1.00. The molecule has 0 amide bonds. The third-order valence-corrected chi connectivity index (χ3v) is 3.39. The van der Waals surface area contributed by atoms with Crippen LogP contribution < -0.4 is 5.32 Å². The maximum atomic E-state index is 5.71. The van der Waals surface area contributed by atoms with Gasteiger partial charge in [0, 0.05) is 19.2 Å². The Hall–Kier alpha value is -0.0800. The van der Waals surface area contributed by atoms with Crippen LogP contribution >= 0.6 is 0 Å². The van der Waals surface area contributed by atoms with Crippen molar-refractivity contribution in [2.75, 3.05) is 13.2 Å². The summed E-state index contributed by atoms with van der Waals surface area (Å²) in [6, 6.07) is 0.643. The van der Waals surface area contributed by atoms with Crippen molar-refractivity contribution in [2.24, 2.45) is 5.92 Å². The normalized spacial score (nSPS) is 23.6. The van der Waals surface area contributed by atoms with Crippen LogP contribution in [0.3, 0.4) is 0 Å². The van der Waals surface area contributed by atoms with Crippen LogP contribution in [0, 0.1) is 5.92 Å². The van der Waals surface area contributed by atoms with Crippen LogP contribution in [0.15, 0.2) is 0 Å². The molecule has 0 aromatic carbocycles. The minimum Gasteiger partial charge on any atom is -0.377 e. The average Bonchev–Trinajstić information content (AvgIpc) is 2.27. The Morgan fingerprint density at radius 1 is 1.19 bits per heavy atom. The van der Waals surface area contributed by atoms with Gasteiger partial charge >= 0.3 is 0 Å². The second-order valence-electron chi connectivity index (χ2n) is 5.62. The highest BCUT2D eigenvalue weighted by Crippen LogP contribution is 2.12. The molecule has 1 heterocycles. The second-order valence-corrected chi connectivity index (χ2v) is 5.62. The SMILES string of the molecule is CC(C)CCCC(C)NCC1CCCCO1. The Morgan fingerprint density at radius 3 is 2.62 bits per heavy atom. The lowest BCUT2D eigenvalue weighted by Gasteiger charge is -2.24. The van der Waals surface area contributed by atoms with Crippen LogP contribution in [0.5, 0.6) is 0 Å². The van der Waals surface area contributed by atoms with E-state index in [0.717, 1.165) is 19.1 Å². The van der Waals surface area contributed by atoms with Gasteiger partial charge in [0.2, 0.25) is 0 Å². The molecule has 1 rings (SSSR count). The van der Waals surface area contributed by atoms with Gasteiger partial charge in [0.05, 0.1) is 6.10 Å². The Labute approximate surface area is 101 Å². The molecule has 2 unspecified atom stereocenters. The predicted molar refractivity (Wildman–Crippen MR) is 69.7 cm³/mol.